The number of carbonyl (C=O) groups is 1. The summed E-state index contributed by atoms with van der Waals surface area (Å²) in [6, 6.07) is 17.2. The molecule has 2 aromatic carbocycles. The molecule has 1 atom stereocenters. The molecule has 0 amide bonds. The van der Waals surface area contributed by atoms with Gasteiger partial charge in [-0.3, -0.25) is 0 Å². The maximum atomic E-state index is 12.4. The fourth-order valence-electron chi connectivity index (χ4n) is 3.59. The van der Waals surface area contributed by atoms with E-state index in [-0.39, 0.29) is 12.6 Å². The predicted molar refractivity (Wildman–Crippen MR) is 118 cm³/mol. The Balaban J connectivity index is 1.60. The van der Waals surface area contributed by atoms with Gasteiger partial charge in [-0.25, -0.2) is 9.79 Å². The van der Waals surface area contributed by atoms with E-state index in [4.69, 9.17) is 14.5 Å². The number of ether oxygens (including phenoxy) is 2. The first-order valence-corrected chi connectivity index (χ1v) is 10.5. The smallest absolute Gasteiger partial charge is 0.338 e. The second-order valence-electron chi connectivity index (χ2n) is 7.49. The first-order chi connectivity index (χ1) is 14.7. The van der Waals surface area contributed by atoms with Gasteiger partial charge in [0.15, 0.2) is 5.96 Å². The number of nitrogens with one attached hydrogen (secondary N) is 1. The molecule has 1 saturated heterocycles. The molecule has 0 spiro atoms. The number of nitrogens with zero attached hydrogens (tertiary/aromatic N) is 2. The Morgan fingerprint density at radius 3 is 2.73 bits per heavy atom. The molecule has 6 heteroatoms. The van der Waals surface area contributed by atoms with Crippen molar-refractivity contribution in [2.24, 2.45) is 10.9 Å². The van der Waals surface area contributed by atoms with E-state index in [1.165, 1.54) is 0 Å². The van der Waals surface area contributed by atoms with Gasteiger partial charge in [-0.2, -0.15) is 0 Å². The standard InChI is InChI=1S/C24H31N3O3/c1-3-25-24(27-13-12-21(16-27)17-29-2)26-15-20-10-7-11-22(14-20)23(28)30-18-19-8-5-4-6-9-19/h4-11,14,21H,3,12-13,15-18H2,1-2H3,(H,25,26). The van der Waals surface area contributed by atoms with Crippen molar-refractivity contribution in [3.05, 3.63) is 71.3 Å². The van der Waals surface area contributed by atoms with Gasteiger partial charge < -0.3 is 19.7 Å². The molecule has 0 saturated carbocycles. The zero-order valence-corrected chi connectivity index (χ0v) is 17.8. The Kier molecular flexibility index (Phi) is 8.27. The Morgan fingerprint density at radius 2 is 1.97 bits per heavy atom. The molecule has 1 fully saturated rings. The summed E-state index contributed by atoms with van der Waals surface area (Å²) < 4.78 is 10.7. The van der Waals surface area contributed by atoms with Gasteiger partial charge in [-0.05, 0) is 36.6 Å². The molecule has 160 valence electrons. The van der Waals surface area contributed by atoms with Crippen LogP contribution in [0.25, 0.3) is 0 Å². The number of guanidine groups is 1. The largest absolute Gasteiger partial charge is 0.457 e. The summed E-state index contributed by atoms with van der Waals surface area (Å²) in [6.45, 7) is 6.37. The van der Waals surface area contributed by atoms with Crippen molar-refractivity contribution in [3.63, 3.8) is 0 Å². The average Bonchev–Trinajstić information content (AvgIpc) is 3.24. The Morgan fingerprint density at radius 1 is 1.17 bits per heavy atom. The lowest BCUT2D eigenvalue weighted by Gasteiger charge is -2.21. The second-order valence-corrected chi connectivity index (χ2v) is 7.49. The van der Waals surface area contributed by atoms with E-state index in [9.17, 15) is 4.79 Å². The summed E-state index contributed by atoms with van der Waals surface area (Å²) in [6.07, 6.45) is 1.11. The number of likely N-dealkylation sites (tertiary alicyclic amines) is 1. The molecule has 0 radical (unpaired) electrons. The molecule has 0 bridgehead atoms. The van der Waals surface area contributed by atoms with Crippen LogP contribution in [-0.4, -0.2) is 50.2 Å². The van der Waals surface area contributed by atoms with Gasteiger partial charge in [0.2, 0.25) is 0 Å². The number of methoxy groups -OCH3 is 1. The highest BCUT2D eigenvalue weighted by Gasteiger charge is 2.24. The highest BCUT2D eigenvalue weighted by atomic mass is 16.5. The summed E-state index contributed by atoms with van der Waals surface area (Å²) in [5.74, 6) is 1.13. The van der Waals surface area contributed by atoms with Crippen molar-refractivity contribution in [1.82, 2.24) is 10.2 Å². The number of hydrogen-bond acceptors (Lipinski definition) is 4. The van der Waals surface area contributed by atoms with Crippen LogP contribution in [0, 0.1) is 5.92 Å². The van der Waals surface area contributed by atoms with Crippen LogP contribution in [0.15, 0.2) is 59.6 Å². The lowest BCUT2D eigenvalue weighted by molar-refractivity contribution is 0.0472. The normalized spacial score (nSPS) is 16.5. The fraction of sp³-hybridized carbons (Fsp3) is 0.417. The third-order valence-electron chi connectivity index (χ3n) is 5.11. The second kappa shape index (κ2) is 11.4. The summed E-state index contributed by atoms with van der Waals surface area (Å²) in [5, 5.41) is 3.38. The topological polar surface area (TPSA) is 63.2 Å². The number of hydrogen-bond donors (Lipinski definition) is 1. The molecule has 2 aromatic rings. The van der Waals surface area contributed by atoms with Crippen molar-refractivity contribution in [1.29, 1.82) is 0 Å². The number of rotatable bonds is 8. The molecular formula is C24H31N3O3. The summed E-state index contributed by atoms with van der Waals surface area (Å²) in [5.41, 5.74) is 2.50. The van der Waals surface area contributed by atoms with Gasteiger partial charge in [-0.1, -0.05) is 42.5 Å². The quantitative estimate of drug-likeness (QED) is 0.411. The highest BCUT2D eigenvalue weighted by molar-refractivity contribution is 5.89. The number of aliphatic imine (C=N–C) groups is 1. The molecule has 1 unspecified atom stereocenters. The van der Waals surface area contributed by atoms with E-state index < -0.39 is 0 Å². The molecule has 1 N–H and O–H groups in total. The van der Waals surface area contributed by atoms with Gasteiger partial charge in [-0.15, -0.1) is 0 Å². The van der Waals surface area contributed by atoms with Crippen molar-refractivity contribution in [2.75, 3.05) is 33.4 Å². The molecule has 6 nitrogen and oxygen atoms in total. The molecule has 1 heterocycles. The minimum Gasteiger partial charge on any atom is -0.457 e. The maximum absolute atomic E-state index is 12.4. The third-order valence-corrected chi connectivity index (χ3v) is 5.11. The maximum Gasteiger partial charge on any atom is 0.338 e. The van der Waals surface area contributed by atoms with E-state index in [1.54, 1.807) is 13.2 Å². The highest BCUT2D eigenvalue weighted by Crippen LogP contribution is 2.17. The SMILES string of the molecule is CCNC(=NCc1cccc(C(=O)OCc2ccccc2)c1)N1CCC(COC)C1. The monoisotopic (exact) mass is 409 g/mol. The van der Waals surface area contributed by atoms with Crippen molar-refractivity contribution < 1.29 is 14.3 Å². The van der Waals surface area contributed by atoms with Crippen LogP contribution in [0.3, 0.4) is 0 Å². The van der Waals surface area contributed by atoms with Crippen LogP contribution >= 0.6 is 0 Å². The van der Waals surface area contributed by atoms with E-state index in [0.717, 1.165) is 49.7 Å². The number of esters is 1. The summed E-state index contributed by atoms with van der Waals surface area (Å²) >= 11 is 0. The van der Waals surface area contributed by atoms with Gasteiger partial charge in [0.1, 0.15) is 6.61 Å². The zero-order chi connectivity index (χ0) is 21.2. The Hall–Kier alpha value is -2.86. The van der Waals surface area contributed by atoms with Crippen LogP contribution in [-0.2, 0) is 22.6 Å². The van der Waals surface area contributed by atoms with Crippen LogP contribution in [0.2, 0.25) is 0 Å². The minimum absolute atomic E-state index is 0.268. The molecule has 0 aromatic heterocycles. The molecular weight excluding hydrogens is 378 g/mol. The minimum atomic E-state index is -0.321. The van der Waals surface area contributed by atoms with Crippen LogP contribution in [0.5, 0.6) is 0 Å². The summed E-state index contributed by atoms with van der Waals surface area (Å²) in [7, 11) is 1.75. The lowest BCUT2D eigenvalue weighted by atomic mass is 10.1. The number of benzene rings is 2. The molecule has 1 aliphatic heterocycles. The number of carbonyl (C=O) groups excluding carboxylic acids is 1. The van der Waals surface area contributed by atoms with Crippen molar-refractivity contribution in [2.45, 2.75) is 26.5 Å². The molecule has 1 aliphatic rings. The fourth-order valence-corrected chi connectivity index (χ4v) is 3.59. The zero-order valence-electron chi connectivity index (χ0n) is 17.8. The van der Waals surface area contributed by atoms with Crippen LogP contribution in [0.1, 0.15) is 34.8 Å². The van der Waals surface area contributed by atoms with Crippen molar-refractivity contribution >= 4 is 11.9 Å². The van der Waals surface area contributed by atoms with E-state index in [1.807, 2.05) is 48.5 Å². The van der Waals surface area contributed by atoms with Crippen LogP contribution < -0.4 is 5.32 Å². The van der Waals surface area contributed by atoms with Crippen molar-refractivity contribution in [3.8, 4) is 0 Å². The predicted octanol–water partition coefficient (Wildman–Crippen LogP) is 3.48. The van der Waals surface area contributed by atoms with Gasteiger partial charge in [0.25, 0.3) is 0 Å². The average molecular weight is 410 g/mol. The first-order valence-electron chi connectivity index (χ1n) is 10.5. The van der Waals surface area contributed by atoms with E-state index in [0.29, 0.717) is 18.0 Å². The van der Waals surface area contributed by atoms with Gasteiger partial charge in [0.05, 0.1) is 18.7 Å². The molecule has 30 heavy (non-hydrogen) atoms. The van der Waals surface area contributed by atoms with Gasteiger partial charge in [0, 0.05) is 32.7 Å². The van der Waals surface area contributed by atoms with Crippen LogP contribution in [0.4, 0.5) is 0 Å². The van der Waals surface area contributed by atoms with E-state index in [2.05, 4.69) is 17.1 Å². The lowest BCUT2D eigenvalue weighted by Crippen LogP contribution is -2.40. The van der Waals surface area contributed by atoms with Gasteiger partial charge >= 0.3 is 5.97 Å². The molecule has 3 rings (SSSR count). The molecule has 0 aliphatic carbocycles. The Bertz CT molecular complexity index is 839. The first kappa shape index (κ1) is 21.8. The Labute approximate surface area is 178 Å². The third kappa shape index (κ3) is 6.32. The summed E-state index contributed by atoms with van der Waals surface area (Å²) in [4.78, 5) is 19.5. The van der Waals surface area contributed by atoms with E-state index >= 15 is 0 Å².